The van der Waals surface area contributed by atoms with E-state index in [1.807, 2.05) is 0 Å². The van der Waals surface area contributed by atoms with Crippen LogP contribution >= 0.6 is 11.3 Å². The second kappa shape index (κ2) is 6.24. The van der Waals surface area contributed by atoms with E-state index in [-0.39, 0.29) is 5.13 Å². The van der Waals surface area contributed by atoms with Gasteiger partial charge in [-0.2, -0.15) is 13.2 Å². The number of aromatic nitrogens is 2. The average molecular weight is 387 g/mol. The Balaban J connectivity index is 2.40. The van der Waals surface area contributed by atoms with Crippen LogP contribution in [-0.4, -0.2) is 31.8 Å². The molecule has 0 amide bonds. The van der Waals surface area contributed by atoms with Crippen molar-refractivity contribution in [3.05, 3.63) is 35.3 Å². The Kier molecular flexibility index (Phi) is 4.81. The molecule has 0 saturated heterocycles. The van der Waals surface area contributed by atoms with Gasteiger partial charge >= 0.3 is 6.18 Å². The monoisotopic (exact) mass is 387 g/mol. The minimum atomic E-state index is -5.10. The van der Waals surface area contributed by atoms with Gasteiger partial charge < -0.3 is 0 Å². The standard InChI is InChI=1S/C12H10F5N3O2S2/c1-20(10-19-18-7-23-10)24(21,22)9-4-2-3-8(5-9)11(13,14)6-12(15,16)17/h2-5,7H,6H2,1H3. The summed E-state index contributed by atoms with van der Waals surface area (Å²) in [6.07, 6.45) is -7.47. The minimum absolute atomic E-state index is 0.0116. The van der Waals surface area contributed by atoms with Gasteiger partial charge in [0.2, 0.25) is 5.13 Å². The summed E-state index contributed by atoms with van der Waals surface area (Å²) in [5, 5.41) is 7.00. The highest BCUT2D eigenvalue weighted by atomic mass is 32.2. The predicted octanol–water partition coefficient (Wildman–Crippen LogP) is 3.41. The fourth-order valence-corrected chi connectivity index (χ4v) is 3.74. The summed E-state index contributed by atoms with van der Waals surface area (Å²) in [5.74, 6) is -4.24. The molecule has 0 aliphatic carbocycles. The molecule has 0 N–H and O–H groups in total. The number of hydrogen-bond acceptors (Lipinski definition) is 5. The number of nitrogens with zero attached hydrogens (tertiary/aromatic N) is 3. The van der Waals surface area contributed by atoms with Gasteiger partial charge in [-0.15, -0.1) is 10.2 Å². The maximum atomic E-state index is 13.7. The summed E-state index contributed by atoms with van der Waals surface area (Å²) in [6, 6.07) is 3.24. The van der Waals surface area contributed by atoms with Gasteiger partial charge in [-0.25, -0.2) is 21.5 Å². The van der Waals surface area contributed by atoms with Crippen LogP contribution in [-0.2, 0) is 15.9 Å². The Morgan fingerprint density at radius 1 is 1.21 bits per heavy atom. The van der Waals surface area contributed by atoms with Crippen LogP contribution in [0.15, 0.2) is 34.7 Å². The van der Waals surface area contributed by atoms with Gasteiger partial charge in [-0.3, -0.25) is 0 Å². The van der Waals surface area contributed by atoms with Gasteiger partial charge in [0.15, 0.2) is 0 Å². The van der Waals surface area contributed by atoms with Crippen molar-refractivity contribution in [2.45, 2.75) is 23.4 Å². The summed E-state index contributed by atoms with van der Waals surface area (Å²) < 4.78 is 89.8. The Bertz CT molecular complexity index is 806. The average Bonchev–Trinajstić information content (AvgIpc) is 2.98. The molecule has 0 unspecified atom stereocenters. The quantitative estimate of drug-likeness (QED) is 0.738. The zero-order valence-electron chi connectivity index (χ0n) is 12.0. The van der Waals surface area contributed by atoms with E-state index < -0.39 is 39.0 Å². The lowest BCUT2D eigenvalue weighted by Gasteiger charge is -2.20. The first-order valence-corrected chi connectivity index (χ1v) is 8.56. The largest absolute Gasteiger partial charge is 0.395 e. The van der Waals surface area contributed by atoms with Crippen molar-refractivity contribution in [1.82, 2.24) is 10.2 Å². The van der Waals surface area contributed by atoms with Crippen LogP contribution in [0.1, 0.15) is 12.0 Å². The number of halogens is 5. The molecule has 0 spiro atoms. The molecule has 2 aromatic rings. The van der Waals surface area contributed by atoms with Crippen LogP contribution in [0.25, 0.3) is 0 Å². The van der Waals surface area contributed by atoms with Gasteiger partial charge in [0.05, 0.1) is 4.90 Å². The first-order valence-electron chi connectivity index (χ1n) is 6.24. The molecule has 24 heavy (non-hydrogen) atoms. The van der Waals surface area contributed by atoms with E-state index in [4.69, 9.17) is 0 Å². The van der Waals surface area contributed by atoms with Crippen LogP contribution in [0.5, 0.6) is 0 Å². The molecule has 0 radical (unpaired) electrons. The topological polar surface area (TPSA) is 63.2 Å². The molecule has 2 rings (SSSR count). The van der Waals surface area contributed by atoms with Crippen LogP contribution in [0.3, 0.4) is 0 Å². The third-order valence-electron chi connectivity index (χ3n) is 2.96. The number of benzene rings is 1. The van der Waals surface area contributed by atoms with Crippen molar-refractivity contribution in [2.24, 2.45) is 0 Å². The molecule has 0 atom stereocenters. The van der Waals surface area contributed by atoms with E-state index in [0.29, 0.717) is 10.4 Å². The van der Waals surface area contributed by atoms with Crippen molar-refractivity contribution >= 4 is 26.5 Å². The van der Waals surface area contributed by atoms with Gasteiger partial charge in [-0.05, 0) is 12.1 Å². The zero-order chi connectivity index (χ0) is 18.2. The van der Waals surface area contributed by atoms with Crippen LogP contribution < -0.4 is 4.31 Å². The molecule has 1 aromatic carbocycles. The second-order valence-electron chi connectivity index (χ2n) is 4.72. The lowest BCUT2D eigenvalue weighted by atomic mass is 10.1. The van der Waals surface area contributed by atoms with E-state index in [0.717, 1.165) is 36.6 Å². The molecule has 1 aromatic heterocycles. The van der Waals surface area contributed by atoms with E-state index in [1.165, 1.54) is 5.51 Å². The molecule has 0 saturated carbocycles. The zero-order valence-corrected chi connectivity index (χ0v) is 13.6. The van der Waals surface area contributed by atoms with Crippen molar-refractivity contribution in [2.75, 3.05) is 11.4 Å². The maximum absolute atomic E-state index is 13.7. The molecule has 5 nitrogen and oxygen atoms in total. The molecule has 1 heterocycles. The smallest absolute Gasteiger partial charge is 0.243 e. The molecule has 0 bridgehead atoms. The number of hydrogen-bond donors (Lipinski definition) is 0. The highest BCUT2D eigenvalue weighted by molar-refractivity contribution is 7.93. The SMILES string of the molecule is CN(c1nncs1)S(=O)(=O)c1cccc(C(F)(F)CC(F)(F)F)c1. The van der Waals surface area contributed by atoms with Crippen LogP contribution in [0.4, 0.5) is 27.1 Å². The maximum Gasteiger partial charge on any atom is 0.395 e. The molecular formula is C12H10F5N3O2S2. The molecule has 0 aliphatic heterocycles. The number of sulfonamides is 1. The molecule has 0 aliphatic rings. The van der Waals surface area contributed by atoms with Crippen LogP contribution in [0, 0.1) is 0 Å². The highest BCUT2D eigenvalue weighted by Crippen LogP contribution is 2.40. The van der Waals surface area contributed by atoms with Gasteiger partial charge in [-0.1, -0.05) is 23.5 Å². The van der Waals surface area contributed by atoms with E-state index in [1.54, 1.807) is 0 Å². The van der Waals surface area contributed by atoms with E-state index >= 15 is 0 Å². The summed E-state index contributed by atoms with van der Waals surface area (Å²) >= 11 is 0.898. The normalized spacial score (nSPS) is 13.1. The number of rotatable bonds is 5. The minimum Gasteiger partial charge on any atom is -0.243 e. The first kappa shape index (κ1) is 18.5. The number of anilines is 1. The van der Waals surface area contributed by atoms with Crippen LogP contribution in [0.2, 0.25) is 0 Å². The molecule has 132 valence electrons. The Hall–Kier alpha value is -1.82. The fraction of sp³-hybridized carbons (Fsp3) is 0.333. The first-order chi connectivity index (χ1) is 10.9. The fourth-order valence-electron chi connectivity index (χ4n) is 1.80. The summed E-state index contributed by atoms with van der Waals surface area (Å²) in [7, 11) is -3.13. The molecular weight excluding hydrogens is 377 g/mol. The third kappa shape index (κ3) is 3.98. The van der Waals surface area contributed by atoms with Crippen molar-refractivity contribution in [3.63, 3.8) is 0 Å². The van der Waals surface area contributed by atoms with Crippen molar-refractivity contribution < 1.29 is 30.4 Å². The lowest BCUT2D eigenvalue weighted by Crippen LogP contribution is -2.27. The van der Waals surface area contributed by atoms with Gasteiger partial charge in [0, 0.05) is 12.6 Å². The third-order valence-corrected chi connectivity index (χ3v) is 5.58. The van der Waals surface area contributed by atoms with Crippen molar-refractivity contribution in [1.29, 1.82) is 0 Å². The lowest BCUT2D eigenvalue weighted by molar-refractivity contribution is -0.191. The van der Waals surface area contributed by atoms with Gasteiger partial charge in [0.25, 0.3) is 15.9 Å². The predicted molar refractivity (Wildman–Crippen MR) is 76.5 cm³/mol. The Morgan fingerprint density at radius 3 is 2.42 bits per heavy atom. The molecule has 12 heteroatoms. The summed E-state index contributed by atoms with van der Waals surface area (Å²) in [4.78, 5) is -0.570. The highest BCUT2D eigenvalue weighted by Gasteiger charge is 2.45. The van der Waals surface area contributed by atoms with E-state index in [2.05, 4.69) is 10.2 Å². The Morgan fingerprint density at radius 2 is 1.88 bits per heavy atom. The van der Waals surface area contributed by atoms with Crippen molar-refractivity contribution in [3.8, 4) is 0 Å². The van der Waals surface area contributed by atoms with Gasteiger partial charge in [0.1, 0.15) is 11.9 Å². The molecule has 0 fully saturated rings. The Labute approximate surface area is 137 Å². The van der Waals surface area contributed by atoms with E-state index in [9.17, 15) is 30.4 Å². The second-order valence-corrected chi connectivity index (χ2v) is 7.50. The summed E-state index contributed by atoms with van der Waals surface area (Å²) in [5.41, 5.74) is 0.237. The summed E-state index contributed by atoms with van der Waals surface area (Å²) in [6.45, 7) is 0. The number of alkyl halides is 5.